The predicted molar refractivity (Wildman–Crippen MR) is 66.8 cm³/mol. The van der Waals surface area contributed by atoms with Crippen LogP contribution in [-0.2, 0) is 7.05 Å². The molecule has 4 nitrogen and oxygen atoms in total. The van der Waals surface area contributed by atoms with Crippen molar-refractivity contribution < 1.29 is 4.42 Å². The van der Waals surface area contributed by atoms with Gasteiger partial charge in [-0.3, -0.25) is 4.68 Å². The first-order chi connectivity index (χ1) is 8.22. The van der Waals surface area contributed by atoms with Crippen molar-refractivity contribution in [1.82, 2.24) is 15.1 Å². The number of hydrogen-bond donors (Lipinski definition) is 1. The van der Waals surface area contributed by atoms with Gasteiger partial charge in [0.15, 0.2) is 0 Å². The maximum absolute atomic E-state index is 5.18. The molecule has 0 saturated heterocycles. The number of aromatic nitrogens is 2. The molecule has 0 aromatic carbocycles. The lowest BCUT2D eigenvalue weighted by Crippen LogP contribution is -2.23. The van der Waals surface area contributed by atoms with E-state index < -0.39 is 0 Å². The lowest BCUT2D eigenvalue weighted by Gasteiger charge is -2.16. The Morgan fingerprint density at radius 1 is 1.53 bits per heavy atom. The average Bonchev–Trinajstić information content (AvgIpc) is 2.90. The number of furan rings is 1. The molecule has 2 heterocycles. The Labute approximate surface area is 102 Å². The Kier molecular flexibility index (Phi) is 3.64. The fraction of sp³-hybridized carbons (Fsp3) is 0.462. The summed E-state index contributed by atoms with van der Waals surface area (Å²) in [7, 11) is 1.95. The molecule has 0 spiro atoms. The molecule has 0 amide bonds. The van der Waals surface area contributed by atoms with Gasteiger partial charge < -0.3 is 9.73 Å². The summed E-state index contributed by atoms with van der Waals surface area (Å²) in [6.07, 6.45) is 6.67. The molecule has 0 fully saturated rings. The van der Waals surface area contributed by atoms with E-state index in [1.807, 2.05) is 24.7 Å². The Morgan fingerprint density at radius 3 is 2.88 bits per heavy atom. The van der Waals surface area contributed by atoms with Crippen LogP contribution in [-0.4, -0.2) is 16.3 Å². The van der Waals surface area contributed by atoms with Gasteiger partial charge in [-0.2, -0.15) is 5.10 Å². The third-order valence-electron chi connectivity index (χ3n) is 2.84. The minimum atomic E-state index is 0.169. The molecular formula is C13H19N3O. The first-order valence-corrected chi connectivity index (χ1v) is 5.98. The largest absolute Gasteiger partial charge is 0.472 e. The number of nitrogens with one attached hydrogen (secondary N) is 1. The van der Waals surface area contributed by atoms with E-state index in [1.165, 1.54) is 5.56 Å². The number of hydrogen-bond acceptors (Lipinski definition) is 3. The van der Waals surface area contributed by atoms with E-state index in [9.17, 15) is 0 Å². The van der Waals surface area contributed by atoms with E-state index in [2.05, 4.69) is 23.5 Å². The van der Waals surface area contributed by atoms with Crippen LogP contribution < -0.4 is 5.32 Å². The van der Waals surface area contributed by atoms with Crippen LogP contribution in [0.3, 0.4) is 0 Å². The highest BCUT2D eigenvalue weighted by molar-refractivity contribution is 5.30. The Morgan fingerprint density at radius 2 is 2.35 bits per heavy atom. The van der Waals surface area contributed by atoms with Crippen molar-refractivity contribution in [3.63, 3.8) is 0 Å². The van der Waals surface area contributed by atoms with Gasteiger partial charge >= 0.3 is 0 Å². The highest BCUT2D eigenvalue weighted by Gasteiger charge is 2.18. The van der Waals surface area contributed by atoms with E-state index in [1.54, 1.807) is 12.5 Å². The first-order valence-electron chi connectivity index (χ1n) is 5.98. The van der Waals surface area contributed by atoms with Gasteiger partial charge in [-0.15, -0.1) is 0 Å². The monoisotopic (exact) mass is 233 g/mol. The molecule has 1 atom stereocenters. The quantitative estimate of drug-likeness (QED) is 0.862. The third kappa shape index (κ3) is 2.58. The first kappa shape index (κ1) is 11.9. The van der Waals surface area contributed by atoms with Gasteiger partial charge in [-0.1, -0.05) is 6.92 Å². The van der Waals surface area contributed by atoms with Crippen LogP contribution in [0.15, 0.2) is 29.2 Å². The summed E-state index contributed by atoms with van der Waals surface area (Å²) in [5.74, 6) is 0. The zero-order valence-electron chi connectivity index (χ0n) is 10.6. The van der Waals surface area contributed by atoms with Gasteiger partial charge in [0.2, 0.25) is 0 Å². The highest BCUT2D eigenvalue weighted by atomic mass is 16.3. The summed E-state index contributed by atoms with van der Waals surface area (Å²) < 4.78 is 7.03. The number of aryl methyl sites for hydroxylation is 2. The molecule has 0 aliphatic carbocycles. The van der Waals surface area contributed by atoms with Crippen molar-refractivity contribution in [2.24, 2.45) is 7.05 Å². The Hall–Kier alpha value is -1.55. The Balaban J connectivity index is 2.30. The van der Waals surface area contributed by atoms with Gasteiger partial charge in [0, 0.05) is 24.4 Å². The molecule has 2 rings (SSSR count). The topological polar surface area (TPSA) is 43.0 Å². The summed E-state index contributed by atoms with van der Waals surface area (Å²) in [6.45, 7) is 5.18. The van der Waals surface area contributed by atoms with Crippen molar-refractivity contribution in [3.05, 3.63) is 41.6 Å². The number of nitrogens with zero attached hydrogens (tertiary/aromatic N) is 2. The van der Waals surface area contributed by atoms with Gasteiger partial charge in [0.25, 0.3) is 0 Å². The van der Waals surface area contributed by atoms with Crippen LogP contribution in [0.2, 0.25) is 0 Å². The predicted octanol–water partition coefficient (Wildman–Crippen LogP) is 2.41. The molecule has 92 valence electrons. The van der Waals surface area contributed by atoms with E-state index in [-0.39, 0.29) is 6.04 Å². The van der Waals surface area contributed by atoms with Crippen LogP contribution in [0.5, 0.6) is 0 Å². The molecular weight excluding hydrogens is 214 g/mol. The summed E-state index contributed by atoms with van der Waals surface area (Å²) in [5, 5.41) is 7.92. The highest BCUT2D eigenvalue weighted by Crippen LogP contribution is 2.24. The smallest absolute Gasteiger partial charge is 0.0953 e. The summed E-state index contributed by atoms with van der Waals surface area (Å²) in [6, 6.07) is 2.17. The normalized spacial score (nSPS) is 12.9. The molecule has 2 aromatic rings. The molecule has 0 bridgehead atoms. The van der Waals surface area contributed by atoms with Crippen molar-refractivity contribution in [2.45, 2.75) is 26.3 Å². The van der Waals surface area contributed by atoms with E-state index >= 15 is 0 Å². The lowest BCUT2D eigenvalue weighted by molar-refractivity contribution is 0.547. The standard InChI is InChI=1S/C13H19N3O/c1-4-6-14-13(11-5-7-17-9-11)12-8-16(3)15-10(12)2/h5,7-9,13-14H,4,6H2,1-3H3. The SMILES string of the molecule is CCCNC(c1ccoc1)c1cn(C)nc1C. The third-order valence-corrected chi connectivity index (χ3v) is 2.84. The minimum absolute atomic E-state index is 0.169. The molecule has 0 saturated carbocycles. The van der Waals surface area contributed by atoms with Gasteiger partial charge in [-0.05, 0) is 26.0 Å². The van der Waals surface area contributed by atoms with Crippen LogP contribution >= 0.6 is 0 Å². The maximum Gasteiger partial charge on any atom is 0.0953 e. The zero-order valence-corrected chi connectivity index (χ0v) is 10.6. The van der Waals surface area contributed by atoms with E-state index in [0.29, 0.717) is 0 Å². The molecule has 1 unspecified atom stereocenters. The van der Waals surface area contributed by atoms with Crippen molar-refractivity contribution in [3.8, 4) is 0 Å². The zero-order chi connectivity index (χ0) is 12.3. The summed E-state index contributed by atoms with van der Waals surface area (Å²) in [4.78, 5) is 0. The second kappa shape index (κ2) is 5.19. The molecule has 4 heteroatoms. The van der Waals surface area contributed by atoms with E-state index in [0.717, 1.165) is 24.2 Å². The average molecular weight is 233 g/mol. The second-order valence-electron chi connectivity index (χ2n) is 4.29. The van der Waals surface area contributed by atoms with Gasteiger partial charge in [-0.25, -0.2) is 0 Å². The molecule has 0 aliphatic rings. The van der Waals surface area contributed by atoms with Crippen molar-refractivity contribution in [1.29, 1.82) is 0 Å². The maximum atomic E-state index is 5.18. The fourth-order valence-corrected chi connectivity index (χ4v) is 2.04. The molecule has 17 heavy (non-hydrogen) atoms. The molecule has 0 radical (unpaired) electrons. The molecule has 1 N–H and O–H groups in total. The van der Waals surface area contributed by atoms with Crippen molar-refractivity contribution in [2.75, 3.05) is 6.54 Å². The lowest BCUT2D eigenvalue weighted by atomic mass is 10.0. The summed E-state index contributed by atoms with van der Waals surface area (Å²) in [5.41, 5.74) is 3.42. The van der Waals surface area contributed by atoms with Crippen LogP contribution in [0.1, 0.15) is 36.2 Å². The van der Waals surface area contributed by atoms with Crippen LogP contribution in [0.4, 0.5) is 0 Å². The van der Waals surface area contributed by atoms with Crippen LogP contribution in [0.25, 0.3) is 0 Å². The second-order valence-corrected chi connectivity index (χ2v) is 4.29. The minimum Gasteiger partial charge on any atom is -0.472 e. The van der Waals surface area contributed by atoms with Crippen LogP contribution in [0, 0.1) is 6.92 Å². The Bertz CT molecular complexity index is 459. The van der Waals surface area contributed by atoms with Crippen molar-refractivity contribution >= 4 is 0 Å². The van der Waals surface area contributed by atoms with Gasteiger partial charge in [0.05, 0.1) is 24.3 Å². The summed E-state index contributed by atoms with van der Waals surface area (Å²) >= 11 is 0. The number of rotatable bonds is 5. The fourth-order valence-electron chi connectivity index (χ4n) is 2.04. The molecule has 0 aliphatic heterocycles. The molecule has 2 aromatic heterocycles. The van der Waals surface area contributed by atoms with Gasteiger partial charge in [0.1, 0.15) is 0 Å². The van der Waals surface area contributed by atoms with E-state index in [4.69, 9.17) is 4.42 Å².